The van der Waals surface area contributed by atoms with Crippen molar-refractivity contribution in [1.82, 2.24) is 0 Å². The summed E-state index contributed by atoms with van der Waals surface area (Å²) in [7, 11) is 1.62. The van der Waals surface area contributed by atoms with E-state index in [1.807, 2.05) is 24.3 Å². The Labute approximate surface area is 96.1 Å². The number of hydrogen-bond donors (Lipinski definition) is 0. The largest absolute Gasteiger partial charge is 1.00 e. The summed E-state index contributed by atoms with van der Waals surface area (Å²) in [6.45, 7) is 3.24. The number of benzene rings is 1. The molecule has 0 N–H and O–H groups in total. The quantitative estimate of drug-likeness (QED) is 0.327. The zero-order valence-electron chi connectivity index (χ0n) is 8.49. The fourth-order valence-corrected chi connectivity index (χ4v) is 0.904. The van der Waals surface area contributed by atoms with E-state index < -0.39 is 0 Å². The Bertz CT molecular complexity index is 315. The van der Waals surface area contributed by atoms with Crippen molar-refractivity contribution in [1.29, 1.82) is 0 Å². The molecule has 1 rings (SSSR count). The average molecular weight is 182 g/mol. The molecule has 0 radical (unpaired) electrons. The van der Waals surface area contributed by atoms with Crippen molar-refractivity contribution in [3.05, 3.63) is 48.2 Å². The van der Waals surface area contributed by atoms with Gasteiger partial charge in [-0.2, -0.15) is 0 Å². The van der Waals surface area contributed by atoms with Gasteiger partial charge in [-0.1, -0.05) is 24.3 Å². The van der Waals surface area contributed by atoms with Gasteiger partial charge in [0.1, 0.15) is 5.75 Å². The minimum atomic E-state index is -0.198. The van der Waals surface area contributed by atoms with Crippen LogP contribution in [0.3, 0.4) is 0 Å². The van der Waals surface area contributed by atoms with Gasteiger partial charge in [-0.25, -0.2) is 0 Å². The van der Waals surface area contributed by atoms with Crippen LogP contribution in [0.4, 0.5) is 0 Å². The molecular weight excluding hydrogens is 171 g/mol. The summed E-state index contributed by atoms with van der Waals surface area (Å²) in [5.74, 6) is 0.605. The van der Waals surface area contributed by atoms with Crippen molar-refractivity contribution in [3.8, 4) is 5.75 Å². The Balaban J connectivity index is 0.00000169. The zero-order chi connectivity index (χ0) is 9.68. The topological polar surface area (TPSA) is 32.3 Å². The first-order chi connectivity index (χ1) is 6.22. The second-order valence-corrected chi connectivity index (χ2v) is 2.57. The smallest absolute Gasteiger partial charge is 0.873 e. The van der Waals surface area contributed by atoms with E-state index in [0.717, 1.165) is 11.3 Å². The fraction of sp³-hybridized carbons (Fsp3) is 0.0909. The van der Waals surface area contributed by atoms with Crippen LogP contribution in [0.5, 0.6) is 5.75 Å². The molecule has 0 atom stereocenters. The van der Waals surface area contributed by atoms with E-state index in [0.29, 0.717) is 0 Å². The summed E-state index contributed by atoms with van der Waals surface area (Å²) in [4.78, 5) is 0. The molecule has 0 unspecified atom stereocenters. The summed E-state index contributed by atoms with van der Waals surface area (Å²) in [6.07, 6.45) is 3.15. The third-order valence-corrected chi connectivity index (χ3v) is 1.58. The summed E-state index contributed by atoms with van der Waals surface area (Å²) in [6, 6.07) is 7.43. The Morgan fingerprint density at radius 3 is 2.36 bits per heavy atom. The minimum absolute atomic E-state index is 0. The first-order valence-corrected chi connectivity index (χ1v) is 3.90. The van der Waals surface area contributed by atoms with Gasteiger partial charge in [-0.05, 0) is 17.7 Å². The molecule has 0 aliphatic heterocycles. The monoisotopic (exact) mass is 182 g/mol. The summed E-state index contributed by atoms with van der Waals surface area (Å²) >= 11 is 0. The van der Waals surface area contributed by atoms with Crippen LogP contribution >= 0.6 is 0 Å². The first kappa shape index (κ1) is 12.9. The second kappa shape index (κ2) is 6.37. The molecule has 1 aromatic rings. The van der Waals surface area contributed by atoms with Crippen LogP contribution in [0.15, 0.2) is 42.7 Å². The molecule has 1 aromatic carbocycles. The van der Waals surface area contributed by atoms with Gasteiger partial charge >= 0.3 is 18.9 Å². The normalized spacial score (nSPS) is 9.50. The number of allylic oxidation sites excluding steroid dienone is 1. The van der Waals surface area contributed by atoms with Crippen molar-refractivity contribution < 1.29 is 28.7 Å². The van der Waals surface area contributed by atoms with Crippen LogP contribution in [0.1, 0.15) is 5.56 Å². The third kappa shape index (κ3) is 4.22. The van der Waals surface area contributed by atoms with E-state index in [4.69, 9.17) is 4.74 Å². The Morgan fingerprint density at radius 1 is 1.36 bits per heavy atom. The summed E-state index contributed by atoms with van der Waals surface area (Å²) in [5.41, 5.74) is 0.956. The molecular formula is C11H11LiO2. The molecule has 0 aliphatic carbocycles. The van der Waals surface area contributed by atoms with Gasteiger partial charge in [0.05, 0.1) is 7.11 Å². The van der Waals surface area contributed by atoms with E-state index in [1.165, 1.54) is 6.08 Å². The SMILES string of the molecule is C=C([O-])/C=C/c1ccc(OC)cc1.[Li+]. The molecule has 3 heteroatoms. The predicted molar refractivity (Wildman–Crippen MR) is 51.2 cm³/mol. The summed E-state index contributed by atoms with van der Waals surface area (Å²) < 4.78 is 4.99. The fourth-order valence-electron chi connectivity index (χ4n) is 0.904. The van der Waals surface area contributed by atoms with Crippen molar-refractivity contribution in [2.75, 3.05) is 7.11 Å². The molecule has 0 aromatic heterocycles. The molecule has 0 fully saturated rings. The molecule has 0 bridgehead atoms. The molecule has 0 saturated heterocycles. The maximum absolute atomic E-state index is 10.5. The van der Waals surface area contributed by atoms with Crippen LogP contribution in [0.25, 0.3) is 6.08 Å². The second-order valence-electron chi connectivity index (χ2n) is 2.57. The first-order valence-electron chi connectivity index (χ1n) is 3.90. The van der Waals surface area contributed by atoms with E-state index in [9.17, 15) is 5.11 Å². The minimum Gasteiger partial charge on any atom is -0.873 e. The van der Waals surface area contributed by atoms with Gasteiger partial charge in [0.2, 0.25) is 0 Å². The standard InChI is InChI=1S/C11H12O2.Li/c1-9(12)3-4-10-5-7-11(13-2)8-6-10;/h3-8,12H,1H2,2H3;/q;+1/p-1/b4-3+;. The molecule has 0 saturated carbocycles. The molecule has 0 amide bonds. The molecule has 0 spiro atoms. The average Bonchev–Trinajstić information content (AvgIpc) is 2.15. The van der Waals surface area contributed by atoms with Crippen molar-refractivity contribution in [3.63, 3.8) is 0 Å². The van der Waals surface area contributed by atoms with Crippen LogP contribution in [-0.2, 0) is 0 Å². The number of hydrogen-bond acceptors (Lipinski definition) is 2. The third-order valence-electron chi connectivity index (χ3n) is 1.58. The van der Waals surface area contributed by atoms with Gasteiger partial charge in [-0.15, -0.1) is 12.3 Å². The van der Waals surface area contributed by atoms with Crippen LogP contribution in [-0.4, -0.2) is 7.11 Å². The van der Waals surface area contributed by atoms with E-state index in [2.05, 4.69) is 6.58 Å². The Hall–Kier alpha value is -1.10. The molecule has 0 aliphatic rings. The van der Waals surface area contributed by atoms with Crippen LogP contribution < -0.4 is 28.7 Å². The van der Waals surface area contributed by atoms with E-state index in [-0.39, 0.29) is 24.6 Å². The molecule has 14 heavy (non-hydrogen) atoms. The predicted octanol–water partition coefficient (Wildman–Crippen LogP) is -1.41. The number of ether oxygens (including phenoxy) is 1. The Kier molecular flexibility index (Phi) is 5.86. The van der Waals surface area contributed by atoms with Crippen LogP contribution in [0, 0.1) is 0 Å². The number of rotatable bonds is 3. The van der Waals surface area contributed by atoms with Gasteiger partial charge in [0, 0.05) is 0 Å². The summed E-state index contributed by atoms with van der Waals surface area (Å²) in [5, 5.41) is 10.5. The zero-order valence-corrected chi connectivity index (χ0v) is 8.49. The maximum atomic E-state index is 10.5. The molecule has 0 heterocycles. The van der Waals surface area contributed by atoms with E-state index >= 15 is 0 Å². The van der Waals surface area contributed by atoms with Crippen molar-refractivity contribution >= 4 is 6.08 Å². The van der Waals surface area contributed by atoms with Crippen LogP contribution in [0.2, 0.25) is 0 Å². The van der Waals surface area contributed by atoms with Crippen molar-refractivity contribution in [2.24, 2.45) is 0 Å². The molecule has 2 nitrogen and oxygen atoms in total. The maximum Gasteiger partial charge on any atom is 1.00 e. The van der Waals surface area contributed by atoms with Crippen molar-refractivity contribution in [2.45, 2.75) is 0 Å². The van der Waals surface area contributed by atoms with Gasteiger partial charge in [0.15, 0.2) is 0 Å². The van der Waals surface area contributed by atoms with E-state index in [1.54, 1.807) is 13.2 Å². The van der Waals surface area contributed by atoms with Gasteiger partial charge in [0.25, 0.3) is 0 Å². The number of methoxy groups -OCH3 is 1. The Morgan fingerprint density at radius 2 is 1.93 bits per heavy atom. The van der Waals surface area contributed by atoms with Gasteiger partial charge < -0.3 is 9.84 Å². The molecule has 68 valence electrons. The van der Waals surface area contributed by atoms with Gasteiger partial charge in [-0.3, -0.25) is 0 Å².